The SMILES string of the molecule is C#CC1(CO)OC(n2ccc(=S)[nH]c2=O)C(F)C1O. The number of aromatic nitrogens is 2. The summed E-state index contributed by atoms with van der Waals surface area (Å²) in [5.74, 6) is 2.03. The van der Waals surface area contributed by atoms with E-state index in [-0.39, 0.29) is 4.64 Å². The summed E-state index contributed by atoms with van der Waals surface area (Å²) in [6, 6.07) is 1.37. The second kappa shape index (κ2) is 4.86. The molecule has 0 radical (unpaired) electrons. The first-order valence-corrected chi connectivity index (χ1v) is 5.76. The highest BCUT2D eigenvalue weighted by Crippen LogP contribution is 2.37. The van der Waals surface area contributed by atoms with Crippen LogP contribution in [0.4, 0.5) is 4.39 Å². The molecule has 102 valence electrons. The zero-order valence-electron chi connectivity index (χ0n) is 9.62. The van der Waals surface area contributed by atoms with Crippen molar-refractivity contribution in [2.75, 3.05) is 6.61 Å². The van der Waals surface area contributed by atoms with Crippen molar-refractivity contribution in [3.8, 4) is 12.3 Å². The zero-order valence-corrected chi connectivity index (χ0v) is 10.4. The first-order chi connectivity index (χ1) is 8.95. The summed E-state index contributed by atoms with van der Waals surface area (Å²) < 4.78 is 20.3. The molecule has 1 aromatic rings. The van der Waals surface area contributed by atoms with Gasteiger partial charge in [-0.3, -0.25) is 9.55 Å². The third-order valence-electron chi connectivity index (χ3n) is 2.99. The summed E-state index contributed by atoms with van der Waals surface area (Å²) in [6.45, 7) is -0.765. The second-order valence-electron chi connectivity index (χ2n) is 4.11. The molecule has 2 rings (SSSR count). The Morgan fingerprint density at radius 2 is 2.42 bits per heavy atom. The molecule has 3 N–H and O–H groups in total. The molecule has 1 aromatic heterocycles. The predicted octanol–water partition coefficient (Wildman–Crippen LogP) is -0.502. The maximum atomic E-state index is 14.0. The topological polar surface area (TPSA) is 87.5 Å². The van der Waals surface area contributed by atoms with Crippen LogP contribution in [0.1, 0.15) is 6.23 Å². The number of aliphatic hydroxyl groups is 2. The highest BCUT2D eigenvalue weighted by atomic mass is 32.1. The van der Waals surface area contributed by atoms with Gasteiger partial charge in [0, 0.05) is 6.20 Å². The van der Waals surface area contributed by atoms with Gasteiger partial charge in [-0.05, 0) is 6.07 Å². The molecule has 1 fully saturated rings. The Bertz CT molecular complexity index is 637. The van der Waals surface area contributed by atoms with Crippen LogP contribution < -0.4 is 5.69 Å². The fourth-order valence-electron chi connectivity index (χ4n) is 1.90. The molecule has 0 aliphatic carbocycles. The van der Waals surface area contributed by atoms with Crippen molar-refractivity contribution in [1.29, 1.82) is 0 Å². The number of H-pyrrole nitrogens is 1. The first-order valence-electron chi connectivity index (χ1n) is 5.35. The fourth-order valence-corrected chi connectivity index (χ4v) is 2.05. The summed E-state index contributed by atoms with van der Waals surface area (Å²) >= 11 is 4.75. The average molecular weight is 286 g/mol. The predicted molar refractivity (Wildman–Crippen MR) is 65.6 cm³/mol. The molecule has 8 heteroatoms. The van der Waals surface area contributed by atoms with Crippen molar-refractivity contribution in [2.24, 2.45) is 0 Å². The van der Waals surface area contributed by atoms with E-state index < -0.39 is 36.4 Å². The molecule has 0 spiro atoms. The van der Waals surface area contributed by atoms with E-state index in [1.807, 2.05) is 5.92 Å². The summed E-state index contributed by atoms with van der Waals surface area (Å²) in [5.41, 5.74) is -2.56. The van der Waals surface area contributed by atoms with E-state index in [1.165, 1.54) is 12.3 Å². The zero-order chi connectivity index (χ0) is 14.2. The van der Waals surface area contributed by atoms with Gasteiger partial charge in [0.1, 0.15) is 10.7 Å². The van der Waals surface area contributed by atoms with Crippen molar-refractivity contribution < 1.29 is 19.3 Å². The molecule has 4 unspecified atom stereocenters. The molecule has 0 amide bonds. The van der Waals surface area contributed by atoms with Crippen LogP contribution in [-0.2, 0) is 4.74 Å². The van der Waals surface area contributed by atoms with Crippen molar-refractivity contribution in [3.05, 3.63) is 27.4 Å². The molecule has 1 aliphatic heterocycles. The Morgan fingerprint density at radius 3 is 2.89 bits per heavy atom. The lowest BCUT2D eigenvalue weighted by atomic mass is 9.98. The van der Waals surface area contributed by atoms with Crippen molar-refractivity contribution >= 4 is 12.2 Å². The van der Waals surface area contributed by atoms with Crippen LogP contribution >= 0.6 is 12.2 Å². The number of hydrogen-bond donors (Lipinski definition) is 3. The maximum absolute atomic E-state index is 14.0. The molecule has 0 saturated carbocycles. The number of aromatic amines is 1. The van der Waals surface area contributed by atoms with E-state index >= 15 is 0 Å². The number of terminal acetylenes is 1. The Morgan fingerprint density at radius 1 is 1.74 bits per heavy atom. The van der Waals surface area contributed by atoms with E-state index in [0.717, 1.165) is 4.57 Å². The van der Waals surface area contributed by atoms with Gasteiger partial charge in [-0.1, -0.05) is 18.1 Å². The van der Waals surface area contributed by atoms with E-state index in [4.69, 9.17) is 23.4 Å². The van der Waals surface area contributed by atoms with Crippen molar-refractivity contribution in [3.63, 3.8) is 0 Å². The second-order valence-corrected chi connectivity index (χ2v) is 4.55. The third-order valence-corrected chi connectivity index (χ3v) is 3.23. The number of rotatable bonds is 2. The molecule has 2 heterocycles. The number of nitrogens with zero attached hydrogens (tertiary/aromatic N) is 1. The van der Waals surface area contributed by atoms with Crippen LogP contribution in [0.25, 0.3) is 0 Å². The molecule has 1 saturated heterocycles. The van der Waals surface area contributed by atoms with Gasteiger partial charge in [0.25, 0.3) is 0 Å². The Labute approximate surface area is 112 Å². The van der Waals surface area contributed by atoms with Crippen LogP contribution in [0, 0.1) is 17.0 Å². The van der Waals surface area contributed by atoms with Crippen LogP contribution in [0.2, 0.25) is 0 Å². The standard InChI is InChI=1S/C11H11FN2O4S/c1-2-11(5-15)8(16)7(12)9(18-11)14-4-3-6(19)13-10(14)17/h1,3-4,7-9,15-16H,5H2,(H,13,17,19). The lowest BCUT2D eigenvalue weighted by Crippen LogP contribution is -2.44. The lowest BCUT2D eigenvalue weighted by Gasteiger charge is -2.23. The largest absolute Gasteiger partial charge is 0.392 e. The Balaban J connectivity index is 2.46. The van der Waals surface area contributed by atoms with E-state index in [9.17, 15) is 19.4 Å². The molecular weight excluding hydrogens is 275 g/mol. The van der Waals surface area contributed by atoms with E-state index in [0.29, 0.717) is 0 Å². The number of ether oxygens (including phenoxy) is 1. The minimum Gasteiger partial charge on any atom is -0.392 e. The van der Waals surface area contributed by atoms with Crippen LogP contribution in [0.5, 0.6) is 0 Å². The van der Waals surface area contributed by atoms with Gasteiger partial charge in [-0.2, -0.15) is 0 Å². The molecule has 4 atom stereocenters. The van der Waals surface area contributed by atoms with Gasteiger partial charge in [0.2, 0.25) is 0 Å². The quantitative estimate of drug-likeness (QED) is 0.504. The first kappa shape index (κ1) is 13.9. The molecule has 19 heavy (non-hydrogen) atoms. The number of aliphatic hydroxyl groups excluding tert-OH is 2. The molecular formula is C11H11FN2O4S. The minimum atomic E-state index is -1.95. The molecule has 1 aliphatic rings. The van der Waals surface area contributed by atoms with Crippen molar-refractivity contribution in [1.82, 2.24) is 9.55 Å². The normalized spacial score (nSPS) is 34.1. The summed E-state index contributed by atoms with van der Waals surface area (Å²) in [6.07, 6.45) is 1.27. The van der Waals surface area contributed by atoms with Gasteiger partial charge >= 0.3 is 5.69 Å². The van der Waals surface area contributed by atoms with Gasteiger partial charge in [-0.25, -0.2) is 9.18 Å². The number of halogens is 1. The Kier molecular flexibility index (Phi) is 3.56. The third kappa shape index (κ3) is 2.11. The summed E-state index contributed by atoms with van der Waals surface area (Å²) in [4.78, 5) is 14.0. The van der Waals surface area contributed by atoms with Gasteiger partial charge in [0.15, 0.2) is 18.0 Å². The lowest BCUT2D eigenvalue weighted by molar-refractivity contribution is -0.0922. The van der Waals surface area contributed by atoms with Gasteiger partial charge in [0.05, 0.1) is 6.61 Å². The summed E-state index contributed by atoms with van der Waals surface area (Å²) in [5, 5.41) is 18.9. The van der Waals surface area contributed by atoms with E-state index in [2.05, 4.69) is 4.98 Å². The highest BCUT2D eigenvalue weighted by Gasteiger charge is 2.55. The van der Waals surface area contributed by atoms with Crippen LogP contribution in [-0.4, -0.2) is 44.2 Å². The molecule has 0 aromatic carbocycles. The number of alkyl halides is 1. The van der Waals surface area contributed by atoms with Crippen molar-refractivity contribution in [2.45, 2.75) is 24.1 Å². The van der Waals surface area contributed by atoms with Crippen LogP contribution in [0.3, 0.4) is 0 Å². The monoisotopic (exact) mass is 286 g/mol. The van der Waals surface area contributed by atoms with E-state index in [1.54, 1.807) is 0 Å². The highest BCUT2D eigenvalue weighted by molar-refractivity contribution is 7.71. The number of hydrogen-bond acceptors (Lipinski definition) is 5. The van der Waals surface area contributed by atoms with Crippen LogP contribution in [0.15, 0.2) is 17.1 Å². The molecule has 6 nitrogen and oxygen atoms in total. The smallest absolute Gasteiger partial charge is 0.328 e. The van der Waals surface area contributed by atoms with Gasteiger partial charge < -0.3 is 14.9 Å². The fraction of sp³-hybridized carbons (Fsp3) is 0.455. The Hall–Kier alpha value is -1.53. The maximum Gasteiger partial charge on any atom is 0.328 e. The minimum absolute atomic E-state index is 0.181. The average Bonchev–Trinajstić information content (AvgIpc) is 2.64. The number of nitrogens with one attached hydrogen (secondary N) is 1. The molecule has 0 bridgehead atoms. The summed E-state index contributed by atoms with van der Waals surface area (Å²) in [7, 11) is 0. The van der Waals surface area contributed by atoms with Gasteiger partial charge in [-0.15, -0.1) is 6.42 Å².